The predicted octanol–water partition coefficient (Wildman–Crippen LogP) is 3.05. The third-order valence-corrected chi connectivity index (χ3v) is 3.20. The van der Waals surface area contributed by atoms with E-state index >= 15 is 0 Å². The number of ether oxygens (including phenoxy) is 1. The second-order valence-electron chi connectivity index (χ2n) is 5.10. The highest BCUT2D eigenvalue weighted by atomic mass is 16.5. The Hall–Kier alpha value is -3.13. The number of carbonyl (C=O) groups excluding carboxylic acids is 2. The lowest BCUT2D eigenvalue weighted by Gasteiger charge is -2.13. The Bertz CT molecular complexity index is 761. The SMILES string of the molecule is Cc1ccc(C(=O)O[C@@H](C)C(=O)Nc2cccc(C#N)c2)cc1. The maximum Gasteiger partial charge on any atom is 0.338 e. The van der Waals surface area contributed by atoms with Crippen molar-refractivity contribution in [2.75, 3.05) is 5.32 Å². The van der Waals surface area contributed by atoms with Gasteiger partial charge in [0.1, 0.15) is 0 Å². The Morgan fingerprint density at radius 2 is 1.87 bits per heavy atom. The van der Waals surface area contributed by atoms with Crippen LogP contribution in [0, 0.1) is 18.3 Å². The molecule has 0 fully saturated rings. The number of nitrogens with zero attached hydrogens (tertiary/aromatic N) is 1. The minimum absolute atomic E-state index is 0.390. The number of benzene rings is 2. The zero-order valence-corrected chi connectivity index (χ0v) is 12.9. The largest absolute Gasteiger partial charge is 0.449 e. The molecule has 0 aliphatic heterocycles. The van der Waals surface area contributed by atoms with Crippen LogP contribution in [0.2, 0.25) is 0 Å². The molecule has 1 atom stereocenters. The number of hydrogen-bond donors (Lipinski definition) is 1. The number of amides is 1. The Morgan fingerprint density at radius 3 is 2.52 bits per heavy atom. The van der Waals surface area contributed by atoms with Crippen LogP contribution in [0.25, 0.3) is 0 Å². The van der Waals surface area contributed by atoms with E-state index in [0.29, 0.717) is 16.8 Å². The van der Waals surface area contributed by atoms with Crippen LogP contribution in [0.4, 0.5) is 5.69 Å². The molecule has 1 amide bonds. The van der Waals surface area contributed by atoms with Crippen molar-refractivity contribution >= 4 is 17.6 Å². The molecule has 5 nitrogen and oxygen atoms in total. The average Bonchev–Trinajstić information content (AvgIpc) is 2.55. The molecule has 0 aliphatic rings. The van der Waals surface area contributed by atoms with Crippen LogP contribution in [0.1, 0.15) is 28.4 Å². The van der Waals surface area contributed by atoms with Crippen LogP contribution in [-0.2, 0) is 9.53 Å². The summed E-state index contributed by atoms with van der Waals surface area (Å²) in [5, 5.41) is 11.5. The smallest absolute Gasteiger partial charge is 0.338 e. The number of rotatable bonds is 4. The van der Waals surface area contributed by atoms with Crippen molar-refractivity contribution in [1.29, 1.82) is 5.26 Å². The molecule has 23 heavy (non-hydrogen) atoms. The molecule has 2 aromatic carbocycles. The van der Waals surface area contributed by atoms with Gasteiger partial charge in [0.25, 0.3) is 5.91 Å². The van der Waals surface area contributed by atoms with Gasteiger partial charge in [0.2, 0.25) is 0 Å². The number of carbonyl (C=O) groups is 2. The molecule has 5 heteroatoms. The quantitative estimate of drug-likeness (QED) is 0.880. The topological polar surface area (TPSA) is 79.2 Å². The molecule has 0 heterocycles. The van der Waals surface area contributed by atoms with E-state index in [9.17, 15) is 9.59 Å². The molecule has 0 radical (unpaired) electrons. The summed E-state index contributed by atoms with van der Waals surface area (Å²) in [5.41, 5.74) is 2.34. The van der Waals surface area contributed by atoms with Crippen molar-refractivity contribution in [3.63, 3.8) is 0 Å². The first-order valence-electron chi connectivity index (χ1n) is 7.08. The third kappa shape index (κ3) is 4.42. The summed E-state index contributed by atoms with van der Waals surface area (Å²) in [4.78, 5) is 24.0. The lowest BCUT2D eigenvalue weighted by atomic mass is 10.1. The van der Waals surface area contributed by atoms with Crippen molar-refractivity contribution in [3.8, 4) is 6.07 Å². The maximum atomic E-state index is 12.1. The molecule has 0 bridgehead atoms. The van der Waals surface area contributed by atoms with E-state index < -0.39 is 18.0 Å². The zero-order valence-electron chi connectivity index (χ0n) is 12.9. The van der Waals surface area contributed by atoms with Crippen molar-refractivity contribution in [2.45, 2.75) is 20.0 Å². The molecule has 2 aromatic rings. The highest BCUT2D eigenvalue weighted by Crippen LogP contribution is 2.12. The second kappa shape index (κ2) is 7.23. The highest BCUT2D eigenvalue weighted by molar-refractivity contribution is 5.97. The summed E-state index contributed by atoms with van der Waals surface area (Å²) in [6.45, 7) is 3.41. The van der Waals surface area contributed by atoms with E-state index in [0.717, 1.165) is 5.56 Å². The van der Waals surface area contributed by atoms with E-state index in [2.05, 4.69) is 5.32 Å². The fourth-order valence-electron chi connectivity index (χ4n) is 1.88. The molecule has 0 saturated carbocycles. The molecule has 0 saturated heterocycles. The summed E-state index contributed by atoms with van der Waals surface area (Å²) in [5.74, 6) is -1.01. The van der Waals surface area contributed by atoms with Gasteiger partial charge in [0.05, 0.1) is 17.2 Å². The number of esters is 1. The van der Waals surface area contributed by atoms with Gasteiger partial charge in [-0.2, -0.15) is 5.26 Å². The van der Waals surface area contributed by atoms with E-state index in [-0.39, 0.29) is 0 Å². The summed E-state index contributed by atoms with van der Waals surface area (Å²) < 4.78 is 5.15. The van der Waals surface area contributed by atoms with Crippen LogP contribution >= 0.6 is 0 Å². The Labute approximate surface area is 134 Å². The summed E-state index contributed by atoms with van der Waals surface area (Å²) >= 11 is 0. The van der Waals surface area contributed by atoms with Crippen molar-refractivity contribution in [1.82, 2.24) is 0 Å². The first-order valence-corrected chi connectivity index (χ1v) is 7.08. The molecular weight excluding hydrogens is 292 g/mol. The molecule has 0 aromatic heterocycles. The average molecular weight is 308 g/mol. The summed E-state index contributed by atoms with van der Waals surface area (Å²) in [7, 11) is 0. The van der Waals surface area contributed by atoms with Crippen molar-refractivity contribution in [2.24, 2.45) is 0 Å². The van der Waals surface area contributed by atoms with Gasteiger partial charge in [-0.15, -0.1) is 0 Å². The van der Waals surface area contributed by atoms with E-state index in [1.165, 1.54) is 6.92 Å². The van der Waals surface area contributed by atoms with Crippen molar-refractivity contribution in [3.05, 3.63) is 65.2 Å². The molecule has 0 unspecified atom stereocenters. The van der Waals surface area contributed by atoms with Gasteiger partial charge in [-0.1, -0.05) is 23.8 Å². The number of hydrogen-bond acceptors (Lipinski definition) is 4. The van der Waals surface area contributed by atoms with Gasteiger partial charge in [-0.05, 0) is 44.2 Å². The van der Waals surface area contributed by atoms with E-state index in [1.54, 1.807) is 48.5 Å². The summed E-state index contributed by atoms with van der Waals surface area (Å²) in [6, 6.07) is 15.4. The van der Waals surface area contributed by atoms with E-state index in [4.69, 9.17) is 10.00 Å². The van der Waals surface area contributed by atoms with Gasteiger partial charge < -0.3 is 10.1 Å². The predicted molar refractivity (Wildman–Crippen MR) is 85.8 cm³/mol. The van der Waals surface area contributed by atoms with Crippen LogP contribution in [-0.4, -0.2) is 18.0 Å². The number of nitrogens with one attached hydrogen (secondary N) is 1. The Kier molecular flexibility index (Phi) is 5.11. The van der Waals surface area contributed by atoms with Gasteiger partial charge in [-0.3, -0.25) is 4.79 Å². The number of aryl methyl sites for hydroxylation is 1. The minimum Gasteiger partial charge on any atom is -0.449 e. The molecule has 2 rings (SSSR count). The van der Waals surface area contributed by atoms with Gasteiger partial charge in [0.15, 0.2) is 6.10 Å². The van der Waals surface area contributed by atoms with Crippen LogP contribution < -0.4 is 5.32 Å². The first kappa shape index (κ1) is 16.2. The maximum absolute atomic E-state index is 12.1. The van der Waals surface area contributed by atoms with Gasteiger partial charge in [-0.25, -0.2) is 4.79 Å². The molecule has 1 N–H and O–H groups in total. The fraction of sp³-hybridized carbons (Fsp3) is 0.167. The minimum atomic E-state index is -0.949. The highest BCUT2D eigenvalue weighted by Gasteiger charge is 2.19. The first-order chi connectivity index (χ1) is 11.0. The lowest BCUT2D eigenvalue weighted by molar-refractivity contribution is -0.123. The third-order valence-electron chi connectivity index (χ3n) is 3.20. The van der Waals surface area contributed by atoms with Crippen LogP contribution in [0.3, 0.4) is 0 Å². The standard InChI is InChI=1S/C18H16N2O3/c1-12-6-8-15(9-7-12)18(22)23-13(2)17(21)20-16-5-3-4-14(10-16)11-19/h3-10,13H,1-2H3,(H,20,21)/t13-/m0/s1. The fourth-order valence-corrected chi connectivity index (χ4v) is 1.88. The summed E-state index contributed by atoms with van der Waals surface area (Å²) in [6.07, 6.45) is -0.949. The Balaban J connectivity index is 1.98. The molecule has 116 valence electrons. The number of anilines is 1. The molecule has 0 spiro atoms. The second-order valence-corrected chi connectivity index (χ2v) is 5.10. The lowest BCUT2D eigenvalue weighted by Crippen LogP contribution is -2.30. The van der Waals surface area contributed by atoms with Crippen LogP contribution in [0.15, 0.2) is 48.5 Å². The van der Waals surface area contributed by atoms with Crippen molar-refractivity contribution < 1.29 is 14.3 Å². The Morgan fingerprint density at radius 1 is 1.17 bits per heavy atom. The van der Waals surface area contributed by atoms with E-state index in [1.807, 2.05) is 13.0 Å². The monoisotopic (exact) mass is 308 g/mol. The molecule has 0 aliphatic carbocycles. The van der Waals surface area contributed by atoms with Gasteiger partial charge >= 0.3 is 5.97 Å². The number of nitriles is 1. The van der Waals surface area contributed by atoms with Crippen LogP contribution in [0.5, 0.6) is 0 Å². The molecular formula is C18H16N2O3. The zero-order chi connectivity index (χ0) is 16.8. The van der Waals surface area contributed by atoms with Gasteiger partial charge in [0, 0.05) is 5.69 Å². The normalized spacial score (nSPS) is 11.2.